The van der Waals surface area contributed by atoms with Crippen molar-refractivity contribution in [3.8, 4) is 0 Å². The quantitative estimate of drug-likeness (QED) is 0.872. The van der Waals surface area contributed by atoms with Gasteiger partial charge in [0.15, 0.2) is 0 Å². The van der Waals surface area contributed by atoms with E-state index in [-0.39, 0.29) is 5.92 Å². The Balaban J connectivity index is 2.11. The van der Waals surface area contributed by atoms with E-state index in [2.05, 4.69) is 18.2 Å². The summed E-state index contributed by atoms with van der Waals surface area (Å²) in [7, 11) is 0. The summed E-state index contributed by atoms with van der Waals surface area (Å²) >= 11 is 0. The summed E-state index contributed by atoms with van der Waals surface area (Å²) in [6.45, 7) is 6.00. The molecule has 1 aromatic heterocycles. The van der Waals surface area contributed by atoms with E-state index in [1.807, 2.05) is 20.8 Å². The van der Waals surface area contributed by atoms with Crippen molar-refractivity contribution in [2.24, 2.45) is 5.92 Å². The van der Waals surface area contributed by atoms with Crippen LogP contribution in [-0.4, -0.2) is 5.11 Å². The standard InChI is InChI=1S/C16H20O2/c1-9(2)15(17)16-13-7-6-12(11-4-5-11)8-14(13)10(3)18-16/h6-9,11,15,17H,4-5H2,1-3H3. The second kappa shape index (κ2) is 4.13. The van der Waals surface area contributed by atoms with Crippen molar-refractivity contribution in [2.45, 2.75) is 45.6 Å². The minimum atomic E-state index is -0.520. The summed E-state index contributed by atoms with van der Waals surface area (Å²) in [5.41, 5.74) is 1.41. The van der Waals surface area contributed by atoms with Crippen LogP contribution in [0.1, 0.15) is 55.8 Å². The summed E-state index contributed by atoms with van der Waals surface area (Å²) in [5.74, 6) is 2.56. The van der Waals surface area contributed by atoms with Crippen LogP contribution in [0.5, 0.6) is 0 Å². The summed E-state index contributed by atoms with van der Waals surface area (Å²) in [5, 5.41) is 12.4. The highest BCUT2D eigenvalue weighted by atomic mass is 16.4. The molecule has 1 aromatic carbocycles. The van der Waals surface area contributed by atoms with E-state index in [9.17, 15) is 5.11 Å². The molecule has 0 aliphatic heterocycles. The van der Waals surface area contributed by atoms with Crippen LogP contribution < -0.4 is 0 Å². The molecule has 1 aliphatic rings. The number of hydrogen-bond donors (Lipinski definition) is 1. The van der Waals surface area contributed by atoms with Crippen LogP contribution in [0.3, 0.4) is 0 Å². The molecule has 1 aliphatic carbocycles. The predicted molar refractivity (Wildman–Crippen MR) is 72.7 cm³/mol. The topological polar surface area (TPSA) is 33.4 Å². The minimum absolute atomic E-state index is 0.168. The first-order valence-electron chi connectivity index (χ1n) is 6.79. The number of fused-ring (bicyclic) bond motifs is 1. The van der Waals surface area contributed by atoms with Gasteiger partial charge in [0, 0.05) is 10.8 Å². The van der Waals surface area contributed by atoms with Crippen LogP contribution >= 0.6 is 0 Å². The van der Waals surface area contributed by atoms with E-state index in [4.69, 9.17) is 4.42 Å². The Morgan fingerprint density at radius 2 is 1.94 bits per heavy atom. The third-order valence-electron chi connectivity index (χ3n) is 3.90. The fraction of sp³-hybridized carbons (Fsp3) is 0.500. The molecule has 18 heavy (non-hydrogen) atoms. The van der Waals surface area contributed by atoms with Crippen molar-refractivity contribution < 1.29 is 9.52 Å². The second-order valence-corrected chi connectivity index (χ2v) is 5.79. The molecule has 2 nitrogen and oxygen atoms in total. The number of aryl methyl sites for hydroxylation is 1. The Morgan fingerprint density at radius 1 is 1.22 bits per heavy atom. The summed E-state index contributed by atoms with van der Waals surface area (Å²) in [4.78, 5) is 0. The Labute approximate surface area is 108 Å². The molecule has 96 valence electrons. The number of hydrogen-bond acceptors (Lipinski definition) is 2. The van der Waals surface area contributed by atoms with Gasteiger partial charge in [-0.2, -0.15) is 0 Å². The van der Waals surface area contributed by atoms with Crippen LogP contribution in [0.25, 0.3) is 10.8 Å². The fourth-order valence-corrected chi connectivity index (χ4v) is 2.54. The van der Waals surface area contributed by atoms with E-state index in [0.29, 0.717) is 0 Å². The first-order chi connectivity index (χ1) is 8.58. The van der Waals surface area contributed by atoms with E-state index < -0.39 is 6.10 Å². The SMILES string of the molecule is Cc1oc(C(O)C(C)C)c2ccc(C3CC3)cc12. The van der Waals surface area contributed by atoms with Crippen molar-refractivity contribution in [2.75, 3.05) is 0 Å². The van der Waals surface area contributed by atoms with E-state index in [1.165, 1.54) is 18.4 Å². The van der Waals surface area contributed by atoms with Gasteiger partial charge in [-0.15, -0.1) is 0 Å². The Hall–Kier alpha value is -1.28. The lowest BCUT2D eigenvalue weighted by Crippen LogP contribution is -2.04. The molecule has 3 rings (SSSR count). The van der Waals surface area contributed by atoms with E-state index in [1.54, 1.807) is 0 Å². The Morgan fingerprint density at radius 3 is 2.56 bits per heavy atom. The zero-order chi connectivity index (χ0) is 12.9. The lowest BCUT2D eigenvalue weighted by atomic mass is 9.99. The van der Waals surface area contributed by atoms with Gasteiger partial charge < -0.3 is 9.52 Å². The third kappa shape index (κ3) is 1.85. The van der Waals surface area contributed by atoms with Crippen LogP contribution in [0.2, 0.25) is 0 Å². The van der Waals surface area contributed by atoms with Crippen LogP contribution in [-0.2, 0) is 0 Å². The number of benzene rings is 1. The molecule has 1 saturated carbocycles. The first kappa shape index (κ1) is 11.8. The maximum absolute atomic E-state index is 10.2. The molecular formula is C16H20O2. The Bertz CT molecular complexity index is 576. The second-order valence-electron chi connectivity index (χ2n) is 5.79. The number of rotatable bonds is 3. The molecule has 1 N–H and O–H groups in total. The average Bonchev–Trinajstić information content (AvgIpc) is 3.14. The predicted octanol–water partition coefficient (Wildman–Crippen LogP) is 4.31. The monoisotopic (exact) mass is 244 g/mol. The molecule has 1 heterocycles. The van der Waals surface area contributed by atoms with Crippen molar-refractivity contribution in [3.05, 3.63) is 35.3 Å². The van der Waals surface area contributed by atoms with Crippen LogP contribution in [0.15, 0.2) is 22.6 Å². The van der Waals surface area contributed by atoms with Gasteiger partial charge in [-0.3, -0.25) is 0 Å². The lowest BCUT2D eigenvalue weighted by Gasteiger charge is -2.11. The van der Waals surface area contributed by atoms with Gasteiger partial charge in [0.1, 0.15) is 17.6 Å². The van der Waals surface area contributed by atoms with Gasteiger partial charge in [0.2, 0.25) is 0 Å². The van der Waals surface area contributed by atoms with E-state index >= 15 is 0 Å². The maximum atomic E-state index is 10.2. The largest absolute Gasteiger partial charge is 0.462 e. The van der Waals surface area contributed by atoms with Gasteiger partial charge in [-0.1, -0.05) is 26.0 Å². The minimum Gasteiger partial charge on any atom is -0.462 e. The summed E-state index contributed by atoms with van der Waals surface area (Å²) < 4.78 is 5.79. The van der Waals surface area contributed by atoms with Crippen molar-refractivity contribution in [1.29, 1.82) is 0 Å². The molecule has 1 unspecified atom stereocenters. The molecule has 2 heteroatoms. The molecule has 2 aromatic rings. The fourth-order valence-electron chi connectivity index (χ4n) is 2.54. The van der Waals surface area contributed by atoms with Crippen molar-refractivity contribution in [3.63, 3.8) is 0 Å². The summed E-state index contributed by atoms with van der Waals surface area (Å²) in [6.07, 6.45) is 2.10. The lowest BCUT2D eigenvalue weighted by molar-refractivity contribution is 0.103. The van der Waals surface area contributed by atoms with Gasteiger partial charge in [0.25, 0.3) is 0 Å². The van der Waals surface area contributed by atoms with Crippen LogP contribution in [0, 0.1) is 12.8 Å². The molecular weight excluding hydrogens is 224 g/mol. The molecule has 0 amide bonds. The Kier molecular flexibility index (Phi) is 2.70. The zero-order valence-electron chi connectivity index (χ0n) is 11.2. The van der Waals surface area contributed by atoms with Crippen molar-refractivity contribution in [1.82, 2.24) is 0 Å². The van der Waals surface area contributed by atoms with Gasteiger partial charge in [0.05, 0.1) is 0 Å². The molecule has 1 fully saturated rings. The molecule has 0 radical (unpaired) electrons. The molecule has 0 saturated heterocycles. The van der Waals surface area contributed by atoms with Crippen molar-refractivity contribution >= 4 is 10.8 Å². The number of furan rings is 1. The average molecular weight is 244 g/mol. The maximum Gasteiger partial charge on any atom is 0.140 e. The number of aliphatic hydroxyl groups excluding tert-OH is 1. The molecule has 0 bridgehead atoms. The van der Waals surface area contributed by atoms with Gasteiger partial charge in [-0.25, -0.2) is 0 Å². The van der Waals surface area contributed by atoms with Gasteiger partial charge >= 0.3 is 0 Å². The summed E-state index contributed by atoms with van der Waals surface area (Å²) in [6, 6.07) is 6.54. The highest BCUT2D eigenvalue weighted by Crippen LogP contribution is 2.42. The smallest absolute Gasteiger partial charge is 0.140 e. The molecule has 0 spiro atoms. The zero-order valence-corrected chi connectivity index (χ0v) is 11.2. The van der Waals surface area contributed by atoms with Crippen LogP contribution in [0.4, 0.5) is 0 Å². The van der Waals surface area contributed by atoms with E-state index in [0.717, 1.165) is 28.2 Å². The highest BCUT2D eigenvalue weighted by Gasteiger charge is 2.26. The highest BCUT2D eigenvalue weighted by molar-refractivity contribution is 5.87. The normalized spacial score (nSPS) is 17.6. The van der Waals surface area contributed by atoms with Gasteiger partial charge in [-0.05, 0) is 43.2 Å². The third-order valence-corrected chi connectivity index (χ3v) is 3.90. The number of aliphatic hydroxyl groups is 1. The first-order valence-corrected chi connectivity index (χ1v) is 6.79. The molecule has 1 atom stereocenters.